The summed E-state index contributed by atoms with van der Waals surface area (Å²) in [4.78, 5) is 11.8. The number of thiophene rings is 1. The molecule has 0 spiro atoms. The Bertz CT molecular complexity index is 753. The minimum absolute atomic E-state index is 0.0189. The molecule has 22 heavy (non-hydrogen) atoms. The molecule has 5 nitrogen and oxygen atoms in total. The third-order valence-electron chi connectivity index (χ3n) is 3.48. The lowest BCUT2D eigenvalue weighted by molar-refractivity contribution is 0.0602. The fraction of sp³-hybridized carbons (Fsp3) is 0.267. The largest absolute Gasteiger partial charge is 0.465 e. The van der Waals surface area contributed by atoms with Crippen LogP contribution in [-0.4, -0.2) is 32.8 Å². The minimum atomic E-state index is -3.79. The summed E-state index contributed by atoms with van der Waals surface area (Å²) in [6, 6.07) is 10.4. The summed E-state index contributed by atoms with van der Waals surface area (Å²) in [6.07, 6.45) is 0. The van der Waals surface area contributed by atoms with Gasteiger partial charge in [0.15, 0.2) is 0 Å². The summed E-state index contributed by atoms with van der Waals surface area (Å²) in [5, 5.41) is 1.57. The highest BCUT2D eigenvalue weighted by atomic mass is 32.2. The summed E-state index contributed by atoms with van der Waals surface area (Å²) >= 11 is 1.05. The van der Waals surface area contributed by atoms with Crippen molar-refractivity contribution in [3.63, 3.8) is 0 Å². The number of methoxy groups -OCH3 is 1. The van der Waals surface area contributed by atoms with Gasteiger partial charge in [0.1, 0.15) is 9.77 Å². The van der Waals surface area contributed by atoms with Gasteiger partial charge in [0.2, 0.25) is 10.0 Å². The van der Waals surface area contributed by atoms with E-state index in [4.69, 9.17) is 0 Å². The van der Waals surface area contributed by atoms with E-state index in [2.05, 4.69) is 4.74 Å². The first kappa shape index (κ1) is 16.7. The molecule has 0 saturated heterocycles. The summed E-state index contributed by atoms with van der Waals surface area (Å²) in [5.41, 5.74) is 0.878. The monoisotopic (exact) mass is 339 g/mol. The lowest BCUT2D eigenvalue weighted by Crippen LogP contribution is -2.30. The predicted molar refractivity (Wildman–Crippen MR) is 85.5 cm³/mol. The van der Waals surface area contributed by atoms with Gasteiger partial charge in [-0.3, -0.25) is 0 Å². The van der Waals surface area contributed by atoms with Crippen LogP contribution >= 0.6 is 11.3 Å². The van der Waals surface area contributed by atoms with Crippen LogP contribution in [0.4, 0.5) is 0 Å². The van der Waals surface area contributed by atoms with Crippen molar-refractivity contribution in [2.24, 2.45) is 0 Å². The molecule has 0 aliphatic carbocycles. The topological polar surface area (TPSA) is 63.7 Å². The molecular formula is C15H17NO4S2. The Kier molecular flexibility index (Phi) is 5.00. The zero-order chi connectivity index (χ0) is 16.3. The van der Waals surface area contributed by atoms with E-state index in [1.165, 1.54) is 24.5 Å². The van der Waals surface area contributed by atoms with Crippen molar-refractivity contribution in [1.82, 2.24) is 4.31 Å². The van der Waals surface area contributed by atoms with Gasteiger partial charge in [-0.2, -0.15) is 4.31 Å². The molecule has 0 N–H and O–H groups in total. The second kappa shape index (κ2) is 6.60. The Morgan fingerprint density at radius 2 is 1.86 bits per heavy atom. The number of rotatable bonds is 5. The van der Waals surface area contributed by atoms with Crippen molar-refractivity contribution < 1.29 is 17.9 Å². The standard InChI is InChI=1S/C15H17NO4S2/c1-11(12-7-5-4-6-8-12)16(2)22(18,19)13-9-10-21-14(13)15(17)20-3/h4-11H,1-3H3/t11-/m0/s1. The molecule has 0 saturated carbocycles. The van der Waals surface area contributed by atoms with Crippen LogP contribution in [-0.2, 0) is 14.8 Å². The van der Waals surface area contributed by atoms with Gasteiger partial charge >= 0.3 is 5.97 Å². The van der Waals surface area contributed by atoms with Crippen molar-refractivity contribution in [3.8, 4) is 0 Å². The van der Waals surface area contributed by atoms with Gasteiger partial charge in [-0.25, -0.2) is 13.2 Å². The number of sulfonamides is 1. The Balaban J connectivity index is 2.39. The second-order valence-electron chi connectivity index (χ2n) is 4.71. The van der Waals surface area contributed by atoms with E-state index in [0.29, 0.717) is 0 Å². The molecule has 2 aromatic rings. The Labute approximate surface area is 134 Å². The maximum absolute atomic E-state index is 12.8. The van der Waals surface area contributed by atoms with Gasteiger partial charge in [0, 0.05) is 13.1 Å². The van der Waals surface area contributed by atoms with E-state index >= 15 is 0 Å². The molecule has 1 atom stereocenters. The van der Waals surface area contributed by atoms with E-state index < -0.39 is 16.0 Å². The highest BCUT2D eigenvalue weighted by Crippen LogP contribution is 2.30. The van der Waals surface area contributed by atoms with Crippen molar-refractivity contribution in [2.75, 3.05) is 14.2 Å². The summed E-state index contributed by atoms with van der Waals surface area (Å²) < 4.78 is 31.5. The molecule has 7 heteroatoms. The third-order valence-corrected chi connectivity index (χ3v) is 6.48. The fourth-order valence-corrected chi connectivity index (χ4v) is 4.70. The first-order valence-corrected chi connectivity index (χ1v) is 8.90. The van der Waals surface area contributed by atoms with Crippen molar-refractivity contribution in [2.45, 2.75) is 17.9 Å². The number of esters is 1. The molecule has 0 bridgehead atoms. The number of hydrogen-bond acceptors (Lipinski definition) is 5. The van der Waals surface area contributed by atoms with E-state index in [-0.39, 0.29) is 15.8 Å². The van der Waals surface area contributed by atoms with E-state index in [1.807, 2.05) is 30.3 Å². The smallest absolute Gasteiger partial charge is 0.349 e. The molecular weight excluding hydrogens is 322 g/mol. The van der Waals surface area contributed by atoms with Gasteiger partial charge < -0.3 is 4.74 Å². The fourth-order valence-electron chi connectivity index (χ4n) is 2.05. The van der Waals surface area contributed by atoms with Crippen LogP contribution < -0.4 is 0 Å². The second-order valence-corrected chi connectivity index (χ2v) is 7.60. The van der Waals surface area contributed by atoms with E-state index in [1.54, 1.807) is 12.3 Å². The number of carbonyl (C=O) groups is 1. The Hall–Kier alpha value is -1.70. The molecule has 0 aliphatic rings. The van der Waals surface area contributed by atoms with E-state index in [9.17, 15) is 13.2 Å². The minimum Gasteiger partial charge on any atom is -0.465 e. The maximum atomic E-state index is 12.8. The van der Waals surface area contributed by atoms with Crippen molar-refractivity contribution in [3.05, 3.63) is 52.2 Å². The van der Waals surface area contributed by atoms with Gasteiger partial charge in [-0.1, -0.05) is 30.3 Å². The van der Waals surface area contributed by atoms with Crippen molar-refractivity contribution in [1.29, 1.82) is 0 Å². The maximum Gasteiger partial charge on any atom is 0.349 e. The van der Waals surface area contributed by atoms with Gasteiger partial charge in [-0.15, -0.1) is 11.3 Å². The van der Waals surface area contributed by atoms with Crippen LogP contribution in [0, 0.1) is 0 Å². The first-order valence-electron chi connectivity index (χ1n) is 6.58. The normalized spacial score (nSPS) is 13.1. The molecule has 0 fully saturated rings. The first-order chi connectivity index (χ1) is 10.4. The average molecular weight is 339 g/mol. The highest BCUT2D eigenvalue weighted by Gasteiger charge is 2.31. The number of nitrogens with zero attached hydrogens (tertiary/aromatic N) is 1. The number of hydrogen-bond donors (Lipinski definition) is 0. The summed E-state index contributed by atoms with van der Waals surface area (Å²) in [7, 11) is -1.05. The molecule has 0 radical (unpaired) electrons. The van der Waals surface area contributed by atoms with Gasteiger partial charge in [0.05, 0.1) is 7.11 Å². The number of benzene rings is 1. The predicted octanol–water partition coefficient (Wildman–Crippen LogP) is 2.92. The number of carbonyl (C=O) groups excluding carboxylic acids is 1. The molecule has 0 aliphatic heterocycles. The van der Waals surface area contributed by atoms with Crippen LogP contribution in [0.1, 0.15) is 28.2 Å². The van der Waals surface area contributed by atoms with Crippen LogP contribution in [0.5, 0.6) is 0 Å². The summed E-state index contributed by atoms with van der Waals surface area (Å²) in [6.45, 7) is 1.80. The molecule has 1 aromatic carbocycles. The Morgan fingerprint density at radius 3 is 2.45 bits per heavy atom. The van der Waals surface area contributed by atoms with Crippen molar-refractivity contribution >= 4 is 27.3 Å². The average Bonchev–Trinajstić information content (AvgIpc) is 3.04. The lowest BCUT2D eigenvalue weighted by atomic mass is 10.1. The zero-order valence-electron chi connectivity index (χ0n) is 12.5. The SMILES string of the molecule is COC(=O)c1sccc1S(=O)(=O)N(C)[C@@H](C)c1ccccc1. The molecule has 0 unspecified atom stereocenters. The quantitative estimate of drug-likeness (QED) is 0.786. The van der Waals surface area contributed by atoms with Crippen LogP contribution in [0.25, 0.3) is 0 Å². The van der Waals surface area contributed by atoms with Gasteiger partial charge in [-0.05, 0) is 23.9 Å². The van der Waals surface area contributed by atoms with Crippen LogP contribution in [0.15, 0.2) is 46.7 Å². The lowest BCUT2D eigenvalue weighted by Gasteiger charge is -2.24. The number of ether oxygens (including phenoxy) is 1. The third kappa shape index (κ3) is 3.06. The summed E-state index contributed by atoms with van der Waals surface area (Å²) in [5.74, 6) is -0.644. The molecule has 1 aromatic heterocycles. The highest BCUT2D eigenvalue weighted by molar-refractivity contribution is 7.89. The van der Waals surface area contributed by atoms with Crippen LogP contribution in [0.3, 0.4) is 0 Å². The van der Waals surface area contributed by atoms with E-state index in [0.717, 1.165) is 16.9 Å². The van der Waals surface area contributed by atoms with Crippen LogP contribution in [0.2, 0.25) is 0 Å². The molecule has 1 heterocycles. The Morgan fingerprint density at radius 1 is 1.23 bits per heavy atom. The zero-order valence-corrected chi connectivity index (χ0v) is 14.1. The molecule has 0 amide bonds. The molecule has 2 rings (SSSR count). The molecule has 118 valence electrons. The van der Waals surface area contributed by atoms with Gasteiger partial charge in [0.25, 0.3) is 0 Å².